The van der Waals surface area contributed by atoms with Crippen molar-refractivity contribution in [3.63, 3.8) is 0 Å². The Bertz CT molecular complexity index is 907. The van der Waals surface area contributed by atoms with Crippen molar-refractivity contribution >= 4 is 35.0 Å². The highest BCUT2D eigenvalue weighted by atomic mass is 35.5. The summed E-state index contributed by atoms with van der Waals surface area (Å²) in [6.45, 7) is 3.86. The summed E-state index contributed by atoms with van der Waals surface area (Å²) in [6.07, 6.45) is 0.334. The molecule has 0 spiro atoms. The van der Waals surface area contributed by atoms with Crippen LogP contribution >= 0.6 is 11.6 Å². The molecule has 6 nitrogen and oxygen atoms in total. The van der Waals surface area contributed by atoms with Gasteiger partial charge in [-0.05, 0) is 42.7 Å². The number of nitrogens with zero attached hydrogens (tertiary/aromatic N) is 1. The first-order chi connectivity index (χ1) is 13.3. The van der Waals surface area contributed by atoms with Gasteiger partial charge in [-0.2, -0.15) is 0 Å². The molecule has 0 aromatic heterocycles. The largest absolute Gasteiger partial charge is 0.495 e. The van der Waals surface area contributed by atoms with Gasteiger partial charge < -0.3 is 10.1 Å². The van der Waals surface area contributed by atoms with E-state index in [1.807, 2.05) is 13.8 Å². The van der Waals surface area contributed by atoms with Crippen molar-refractivity contribution in [2.45, 2.75) is 26.3 Å². The van der Waals surface area contributed by atoms with Crippen LogP contribution in [0.25, 0.3) is 0 Å². The lowest BCUT2D eigenvalue weighted by atomic mass is 10.0. The van der Waals surface area contributed by atoms with Crippen LogP contribution in [-0.2, 0) is 4.79 Å². The molecule has 146 valence electrons. The van der Waals surface area contributed by atoms with Gasteiger partial charge in [-0.15, -0.1) is 0 Å². The molecule has 0 radical (unpaired) electrons. The van der Waals surface area contributed by atoms with Crippen LogP contribution in [0.15, 0.2) is 42.5 Å². The lowest BCUT2D eigenvalue weighted by Gasteiger charge is -2.27. The van der Waals surface area contributed by atoms with Crippen LogP contribution in [0.3, 0.4) is 0 Å². The van der Waals surface area contributed by atoms with E-state index in [9.17, 15) is 14.4 Å². The van der Waals surface area contributed by atoms with Crippen molar-refractivity contribution in [1.29, 1.82) is 0 Å². The Morgan fingerprint density at radius 3 is 2.25 bits per heavy atom. The Balaban J connectivity index is 1.93. The molecule has 2 aromatic carbocycles. The zero-order valence-electron chi connectivity index (χ0n) is 15.9. The fourth-order valence-electron chi connectivity index (χ4n) is 3.26. The van der Waals surface area contributed by atoms with E-state index >= 15 is 0 Å². The lowest BCUT2D eigenvalue weighted by Crippen LogP contribution is -2.48. The predicted molar refractivity (Wildman–Crippen MR) is 107 cm³/mol. The number of hydrogen-bond acceptors (Lipinski definition) is 4. The highest BCUT2D eigenvalue weighted by molar-refractivity contribution is 6.31. The summed E-state index contributed by atoms with van der Waals surface area (Å²) < 4.78 is 5.26. The number of carbonyl (C=O) groups is 3. The Hall–Kier alpha value is -2.86. The first-order valence-electron chi connectivity index (χ1n) is 8.94. The number of halogens is 1. The monoisotopic (exact) mass is 400 g/mol. The van der Waals surface area contributed by atoms with Gasteiger partial charge in [0.2, 0.25) is 5.91 Å². The minimum Gasteiger partial charge on any atom is -0.495 e. The van der Waals surface area contributed by atoms with Gasteiger partial charge in [-0.1, -0.05) is 37.6 Å². The van der Waals surface area contributed by atoms with Crippen LogP contribution in [0.2, 0.25) is 5.02 Å². The number of benzene rings is 2. The minimum absolute atomic E-state index is 0.0846. The van der Waals surface area contributed by atoms with Gasteiger partial charge >= 0.3 is 0 Å². The number of imide groups is 1. The van der Waals surface area contributed by atoms with Crippen LogP contribution in [0, 0.1) is 5.92 Å². The minimum atomic E-state index is -0.948. The summed E-state index contributed by atoms with van der Waals surface area (Å²) in [5.74, 6) is -0.868. The molecule has 3 amide bonds. The number of hydrogen-bond donors (Lipinski definition) is 1. The van der Waals surface area contributed by atoms with E-state index in [0.29, 0.717) is 34.0 Å². The molecule has 0 bridgehead atoms. The Morgan fingerprint density at radius 2 is 1.71 bits per heavy atom. The zero-order chi connectivity index (χ0) is 20.4. The number of methoxy groups -OCH3 is 1. The van der Waals surface area contributed by atoms with Gasteiger partial charge in [0.05, 0.1) is 23.9 Å². The molecule has 0 fully saturated rings. The molecule has 7 heteroatoms. The van der Waals surface area contributed by atoms with E-state index < -0.39 is 23.8 Å². The molecule has 3 rings (SSSR count). The van der Waals surface area contributed by atoms with Crippen LogP contribution < -0.4 is 10.1 Å². The van der Waals surface area contributed by atoms with Gasteiger partial charge in [0.15, 0.2) is 0 Å². The van der Waals surface area contributed by atoms with Gasteiger partial charge in [0.1, 0.15) is 11.8 Å². The standard InChI is InChI=1S/C21H21ClN2O4/c1-12(2)10-17(19(25)23-16-11-13(22)8-9-18(16)28-3)24-20(26)14-6-4-5-7-15(14)21(24)27/h4-9,11-12,17H,10H2,1-3H3,(H,23,25)/t17-/m0/s1. The van der Waals surface area contributed by atoms with Crippen LogP contribution in [0.4, 0.5) is 5.69 Å². The summed E-state index contributed by atoms with van der Waals surface area (Å²) in [5, 5.41) is 3.19. The molecule has 1 aliphatic rings. The predicted octanol–water partition coefficient (Wildman–Crippen LogP) is 4.00. The number of ether oxygens (including phenoxy) is 1. The van der Waals surface area contributed by atoms with Gasteiger partial charge in [0.25, 0.3) is 11.8 Å². The average molecular weight is 401 g/mol. The first kappa shape index (κ1) is 19.9. The Labute approximate surface area is 168 Å². The molecule has 1 atom stereocenters. The maximum atomic E-state index is 13.1. The van der Waals surface area contributed by atoms with E-state index in [2.05, 4.69) is 5.32 Å². The molecular weight excluding hydrogens is 380 g/mol. The average Bonchev–Trinajstić information content (AvgIpc) is 2.91. The van der Waals surface area contributed by atoms with Crippen molar-refractivity contribution < 1.29 is 19.1 Å². The second-order valence-corrected chi connectivity index (χ2v) is 7.44. The van der Waals surface area contributed by atoms with Crippen molar-refractivity contribution in [2.75, 3.05) is 12.4 Å². The number of amides is 3. The van der Waals surface area contributed by atoms with Crippen molar-refractivity contribution in [2.24, 2.45) is 5.92 Å². The zero-order valence-corrected chi connectivity index (χ0v) is 16.6. The smallest absolute Gasteiger partial charge is 0.262 e. The topological polar surface area (TPSA) is 75.7 Å². The fraction of sp³-hybridized carbons (Fsp3) is 0.286. The normalized spacial score (nSPS) is 14.2. The fourth-order valence-corrected chi connectivity index (χ4v) is 3.43. The third-order valence-electron chi connectivity index (χ3n) is 4.55. The van der Waals surface area contributed by atoms with E-state index in [-0.39, 0.29) is 5.92 Å². The first-order valence-corrected chi connectivity index (χ1v) is 9.32. The molecule has 0 saturated carbocycles. The molecule has 1 aliphatic heterocycles. The molecule has 1 N–H and O–H groups in total. The molecule has 0 unspecified atom stereocenters. The molecule has 2 aromatic rings. The third-order valence-corrected chi connectivity index (χ3v) is 4.79. The number of anilines is 1. The summed E-state index contributed by atoms with van der Waals surface area (Å²) >= 11 is 6.03. The summed E-state index contributed by atoms with van der Waals surface area (Å²) in [4.78, 5) is 39.8. The van der Waals surface area contributed by atoms with Crippen LogP contribution in [0.1, 0.15) is 41.0 Å². The number of fused-ring (bicyclic) bond motifs is 1. The Morgan fingerprint density at radius 1 is 1.11 bits per heavy atom. The number of carbonyl (C=O) groups excluding carboxylic acids is 3. The maximum Gasteiger partial charge on any atom is 0.262 e. The number of rotatable bonds is 6. The molecule has 28 heavy (non-hydrogen) atoms. The van der Waals surface area contributed by atoms with Gasteiger partial charge in [0, 0.05) is 5.02 Å². The summed E-state index contributed by atoms with van der Waals surface area (Å²) in [6, 6.07) is 10.5. The highest BCUT2D eigenvalue weighted by Crippen LogP contribution is 2.30. The van der Waals surface area contributed by atoms with Gasteiger partial charge in [-0.3, -0.25) is 19.3 Å². The van der Waals surface area contributed by atoms with Crippen molar-refractivity contribution in [3.05, 3.63) is 58.6 Å². The van der Waals surface area contributed by atoms with E-state index in [1.54, 1.807) is 42.5 Å². The third kappa shape index (κ3) is 3.73. The maximum absolute atomic E-state index is 13.1. The molecule has 0 saturated heterocycles. The number of nitrogens with one attached hydrogen (secondary N) is 1. The molecule has 0 aliphatic carbocycles. The van der Waals surface area contributed by atoms with Gasteiger partial charge in [-0.25, -0.2) is 0 Å². The van der Waals surface area contributed by atoms with E-state index in [4.69, 9.17) is 16.3 Å². The lowest BCUT2D eigenvalue weighted by molar-refractivity contribution is -0.120. The second kappa shape index (κ2) is 8.02. The highest BCUT2D eigenvalue weighted by Gasteiger charge is 2.42. The van der Waals surface area contributed by atoms with E-state index in [0.717, 1.165) is 4.90 Å². The quantitative estimate of drug-likeness (QED) is 0.743. The molecular formula is C21H21ClN2O4. The van der Waals surface area contributed by atoms with Crippen molar-refractivity contribution in [3.8, 4) is 5.75 Å². The summed E-state index contributed by atoms with van der Waals surface area (Å²) in [7, 11) is 1.48. The second-order valence-electron chi connectivity index (χ2n) is 7.01. The van der Waals surface area contributed by atoms with Crippen molar-refractivity contribution in [1.82, 2.24) is 4.90 Å². The Kier molecular flexibility index (Phi) is 5.70. The summed E-state index contributed by atoms with van der Waals surface area (Å²) in [5.41, 5.74) is 1.01. The van der Waals surface area contributed by atoms with Crippen LogP contribution in [-0.4, -0.2) is 35.8 Å². The van der Waals surface area contributed by atoms with Crippen LogP contribution in [0.5, 0.6) is 5.75 Å². The molecule has 1 heterocycles. The SMILES string of the molecule is COc1ccc(Cl)cc1NC(=O)[C@H](CC(C)C)N1C(=O)c2ccccc2C1=O. The van der Waals surface area contributed by atoms with E-state index in [1.165, 1.54) is 7.11 Å².